The van der Waals surface area contributed by atoms with E-state index in [-0.39, 0.29) is 25.2 Å². The highest BCUT2D eigenvalue weighted by atomic mass is 127. The average molecular weight is 717 g/mol. The molecule has 6 heterocycles. The Bertz CT molecular complexity index is 1450. The Hall–Kier alpha value is -2.83. The predicted octanol–water partition coefficient (Wildman–Crippen LogP) is 5.40. The first-order valence-electron chi connectivity index (χ1n) is 15.8. The number of fused-ring (bicyclic) bond motifs is 3. The van der Waals surface area contributed by atoms with Crippen molar-refractivity contribution in [2.24, 2.45) is 29.6 Å². The highest BCUT2D eigenvalue weighted by molar-refractivity contribution is 14.1. The maximum atomic E-state index is 12.0. The summed E-state index contributed by atoms with van der Waals surface area (Å²) in [5, 5.41) is 21.4. The van der Waals surface area contributed by atoms with Gasteiger partial charge in [0.2, 0.25) is 0 Å². The number of Topliss-reactive ketones (excluding diaryl/α,β-unsaturated/α-hetero) is 2. The van der Waals surface area contributed by atoms with E-state index in [0.29, 0.717) is 24.0 Å². The lowest BCUT2D eigenvalue weighted by Gasteiger charge is -2.22. The lowest BCUT2D eigenvalue weighted by Crippen LogP contribution is -2.27. The van der Waals surface area contributed by atoms with Gasteiger partial charge in [-0.15, -0.1) is 0 Å². The van der Waals surface area contributed by atoms with Gasteiger partial charge in [-0.1, -0.05) is 7.43 Å². The fourth-order valence-electron chi connectivity index (χ4n) is 6.40. The number of carbonyl (C=O) groups excluding carboxylic acids is 2. The fourth-order valence-corrected chi connectivity index (χ4v) is 7.07. The summed E-state index contributed by atoms with van der Waals surface area (Å²) in [4.78, 5) is 34.6. The zero-order chi connectivity index (χ0) is 29.9. The van der Waals surface area contributed by atoms with E-state index in [0.717, 1.165) is 76.1 Å². The molecule has 44 heavy (non-hydrogen) atoms. The number of hydrogen-bond acceptors (Lipinski definition) is 6. The van der Waals surface area contributed by atoms with Crippen LogP contribution in [0.4, 0.5) is 0 Å². The summed E-state index contributed by atoms with van der Waals surface area (Å²) in [5.74, 6) is 1.87. The van der Waals surface area contributed by atoms with Crippen LogP contribution in [0.25, 0.3) is 0 Å². The first-order chi connectivity index (χ1) is 20.8. The van der Waals surface area contributed by atoms with Gasteiger partial charge in [0.05, 0.1) is 41.0 Å². The lowest BCUT2D eigenvalue weighted by atomic mass is 9.91. The van der Waals surface area contributed by atoms with Crippen LogP contribution >= 0.6 is 22.6 Å². The van der Waals surface area contributed by atoms with Crippen LogP contribution in [0.3, 0.4) is 0 Å². The van der Waals surface area contributed by atoms with E-state index in [1.54, 1.807) is 10.9 Å². The lowest BCUT2D eigenvalue weighted by molar-refractivity contribution is -0.142. The molecule has 10 nitrogen and oxygen atoms in total. The maximum Gasteiger partial charge on any atom is 0.308 e. The SMILES string of the molecule is C.O=C(CC1CC1)C1CCc2c(I)cnn2C1.O=C(CC1CC1)C1CCc2ccnn2C1.O=C(O)C1CCc2ccnn2C1. The third kappa shape index (κ3) is 8.25. The molecule has 0 spiro atoms. The number of aromatic nitrogens is 6. The fraction of sp³-hybridized carbons (Fsp3) is 0.636. The Labute approximate surface area is 273 Å². The quantitative estimate of drug-likeness (QED) is 0.325. The largest absolute Gasteiger partial charge is 0.481 e. The van der Waals surface area contributed by atoms with Crippen LogP contribution < -0.4 is 0 Å². The molecule has 1 N–H and O–H groups in total. The number of nitrogens with zero attached hydrogens (tertiary/aromatic N) is 6. The molecule has 3 atom stereocenters. The molecule has 2 aliphatic carbocycles. The van der Waals surface area contributed by atoms with Crippen molar-refractivity contribution >= 4 is 40.1 Å². The van der Waals surface area contributed by atoms with Gasteiger partial charge >= 0.3 is 5.97 Å². The van der Waals surface area contributed by atoms with E-state index >= 15 is 0 Å². The van der Waals surface area contributed by atoms with Gasteiger partial charge in [-0.25, -0.2) is 0 Å². The highest BCUT2D eigenvalue weighted by Crippen LogP contribution is 2.36. The minimum Gasteiger partial charge on any atom is -0.481 e. The van der Waals surface area contributed by atoms with Gasteiger partial charge < -0.3 is 5.11 Å². The molecule has 0 amide bonds. The first kappa shape index (κ1) is 32.6. The summed E-state index contributed by atoms with van der Waals surface area (Å²) in [6.45, 7) is 2.15. The van der Waals surface area contributed by atoms with Crippen molar-refractivity contribution in [2.75, 3.05) is 0 Å². The third-order valence-electron chi connectivity index (χ3n) is 9.55. The molecule has 0 radical (unpaired) electrons. The van der Waals surface area contributed by atoms with Crippen LogP contribution in [0, 0.1) is 33.2 Å². The second-order valence-electron chi connectivity index (χ2n) is 12.9. The van der Waals surface area contributed by atoms with Gasteiger partial charge in [0, 0.05) is 48.5 Å². The molecule has 3 unspecified atom stereocenters. The van der Waals surface area contributed by atoms with Crippen LogP contribution in [0.15, 0.2) is 30.7 Å². The van der Waals surface area contributed by atoms with Gasteiger partial charge in [0.15, 0.2) is 0 Å². The molecular formula is C33H45IN6O4. The number of carboxylic acids is 1. The number of aryl methyl sites for hydroxylation is 2. The summed E-state index contributed by atoms with van der Waals surface area (Å²) in [6, 6.07) is 4.00. The summed E-state index contributed by atoms with van der Waals surface area (Å²) in [6.07, 6.45) is 17.8. The molecule has 3 aromatic rings. The van der Waals surface area contributed by atoms with Crippen LogP contribution in [0.1, 0.15) is 82.3 Å². The van der Waals surface area contributed by atoms with Crippen molar-refractivity contribution in [1.29, 1.82) is 0 Å². The van der Waals surface area contributed by atoms with Crippen molar-refractivity contribution < 1.29 is 19.5 Å². The Kier molecular flexibility index (Phi) is 10.7. The minimum absolute atomic E-state index is 0. The van der Waals surface area contributed by atoms with Gasteiger partial charge in [0.25, 0.3) is 0 Å². The summed E-state index contributed by atoms with van der Waals surface area (Å²) in [5.41, 5.74) is 3.74. The standard InChI is InChI=1S/C12H15IN2O.C12H16N2O.C8H10N2O2.CH4/c13-10-6-14-15-7-9(3-4-11(10)15)12(16)5-8-1-2-8;15-12(7-9-1-2-9)10-3-4-11-5-6-13-14(11)8-10;11-8(12)6-1-2-7-3-4-9-10(7)5-6;/h6,8-9H,1-5,7H2;5-6,9-10H,1-4,7-8H2;3-4,6H,1-2,5H2,(H,11,12);1H4. The van der Waals surface area contributed by atoms with E-state index in [4.69, 9.17) is 5.11 Å². The second kappa shape index (κ2) is 14.5. The van der Waals surface area contributed by atoms with E-state index in [1.807, 2.05) is 27.8 Å². The van der Waals surface area contributed by atoms with Crippen LogP contribution in [-0.2, 0) is 53.3 Å². The predicted molar refractivity (Wildman–Crippen MR) is 174 cm³/mol. The number of halogens is 1. The van der Waals surface area contributed by atoms with Crippen LogP contribution in [-0.4, -0.2) is 52.0 Å². The molecule has 238 valence electrons. The first-order valence-corrected chi connectivity index (χ1v) is 16.9. The van der Waals surface area contributed by atoms with E-state index in [2.05, 4.69) is 44.0 Å². The van der Waals surface area contributed by atoms with Gasteiger partial charge in [0.1, 0.15) is 11.6 Å². The van der Waals surface area contributed by atoms with Gasteiger partial charge in [-0.2, -0.15) is 15.3 Å². The molecule has 11 heteroatoms. The Morgan fingerprint density at radius 2 is 1.18 bits per heavy atom. The molecule has 2 saturated carbocycles. The van der Waals surface area contributed by atoms with Gasteiger partial charge in [-0.3, -0.25) is 28.4 Å². The molecule has 2 fully saturated rings. The molecule has 0 bridgehead atoms. The van der Waals surface area contributed by atoms with Crippen molar-refractivity contribution in [1.82, 2.24) is 29.3 Å². The number of ketones is 2. The molecule has 3 aromatic heterocycles. The molecule has 5 aliphatic rings. The van der Waals surface area contributed by atoms with Crippen LogP contribution in [0.5, 0.6) is 0 Å². The minimum atomic E-state index is -0.712. The zero-order valence-electron chi connectivity index (χ0n) is 24.6. The van der Waals surface area contributed by atoms with E-state index in [9.17, 15) is 14.4 Å². The zero-order valence-corrected chi connectivity index (χ0v) is 26.8. The van der Waals surface area contributed by atoms with Crippen LogP contribution in [0.2, 0.25) is 0 Å². The Balaban J connectivity index is 0.000000131. The average Bonchev–Trinajstić information content (AvgIpc) is 3.86. The second-order valence-corrected chi connectivity index (χ2v) is 14.1. The van der Waals surface area contributed by atoms with Crippen molar-refractivity contribution in [2.45, 2.75) is 104 Å². The van der Waals surface area contributed by atoms with E-state index in [1.165, 1.54) is 40.6 Å². The normalized spacial score (nSPS) is 23.2. The van der Waals surface area contributed by atoms with Crippen molar-refractivity contribution in [3.8, 4) is 0 Å². The maximum absolute atomic E-state index is 12.0. The summed E-state index contributed by atoms with van der Waals surface area (Å²) in [7, 11) is 0. The highest BCUT2D eigenvalue weighted by Gasteiger charge is 2.32. The number of aliphatic carboxylic acids is 1. The monoisotopic (exact) mass is 716 g/mol. The molecule has 8 rings (SSSR count). The number of carbonyl (C=O) groups is 3. The molecular weight excluding hydrogens is 671 g/mol. The van der Waals surface area contributed by atoms with E-state index < -0.39 is 5.97 Å². The number of hydrogen-bond donors (Lipinski definition) is 1. The third-order valence-corrected chi connectivity index (χ3v) is 10.4. The Morgan fingerprint density at radius 1 is 0.705 bits per heavy atom. The molecule has 0 saturated heterocycles. The molecule has 0 aromatic carbocycles. The summed E-state index contributed by atoms with van der Waals surface area (Å²) < 4.78 is 7.05. The van der Waals surface area contributed by atoms with Crippen molar-refractivity contribution in [3.63, 3.8) is 0 Å². The number of carboxylic acid groups (broad SMARTS) is 1. The van der Waals surface area contributed by atoms with Gasteiger partial charge in [-0.05, 0) is 111 Å². The Morgan fingerprint density at radius 3 is 1.70 bits per heavy atom. The number of rotatable bonds is 7. The smallest absolute Gasteiger partial charge is 0.308 e. The van der Waals surface area contributed by atoms with Crippen molar-refractivity contribution in [3.05, 3.63) is 51.4 Å². The molecule has 3 aliphatic heterocycles. The topological polar surface area (TPSA) is 125 Å². The summed E-state index contributed by atoms with van der Waals surface area (Å²) >= 11 is 2.32.